The zero-order valence-corrected chi connectivity index (χ0v) is 9.14. The van der Waals surface area contributed by atoms with Gasteiger partial charge in [-0.15, -0.1) is 0 Å². The molecule has 0 aliphatic heterocycles. The Labute approximate surface area is 89.1 Å². The molecule has 1 unspecified atom stereocenters. The van der Waals surface area contributed by atoms with Crippen molar-refractivity contribution in [2.45, 2.75) is 26.3 Å². The predicted octanol–water partition coefficient (Wildman–Crippen LogP) is 2.11. The largest absolute Gasteiger partial charge is 0.321 e. The van der Waals surface area contributed by atoms with E-state index in [1.54, 1.807) is 0 Å². The lowest BCUT2D eigenvalue weighted by Crippen LogP contribution is -2.30. The van der Waals surface area contributed by atoms with Crippen molar-refractivity contribution >= 4 is 17.4 Å². The van der Waals surface area contributed by atoms with Gasteiger partial charge in [0.25, 0.3) is 0 Å². The molecule has 0 saturated heterocycles. The topological polar surface area (TPSA) is 43.1 Å². The summed E-state index contributed by atoms with van der Waals surface area (Å²) in [5.74, 6) is 0.0133. The smallest absolute Gasteiger partial charge is 0.146 e. The first kappa shape index (κ1) is 11.2. The zero-order chi connectivity index (χ0) is 10.7. The van der Waals surface area contributed by atoms with Gasteiger partial charge in [-0.05, 0) is 43.5 Å². The van der Waals surface area contributed by atoms with Crippen molar-refractivity contribution < 1.29 is 4.79 Å². The molecule has 0 aromatic heterocycles. The SMILES string of the molecule is CC(=O)C(N)Cc1ccc(Cl)cc1C. The lowest BCUT2D eigenvalue weighted by molar-refractivity contribution is -0.118. The minimum absolute atomic E-state index is 0.0133. The molecule has 0 heterocycles. The highest BCUT2D eigenvalue weighted by Gasteiger charge is 2.10. The number of nitrogens with two attached hydrogens (primary N) is 1. The summed E-state index contributed by atoms with van der Waals surface area (Å²) < 4.78 is 0. The van der Waals surface area contributed by atoms with E-state index in [9.17, 15) is 4.79 Å². The molecule has 0 radical (unpaired) electrons. The molecule has 0 saturated carbocycles. The number of hydrogen-bond donors (Lipinski definition) is 1. The molecule has 1 aromatic carbocycles. The van der Waals surface area contributed by atoms with E-state index in [-0.39, 0.29) is 5.78 Å². The number of aryl methyl sites for hydroxylation is 1. The predicted molar refractivity (Wildman–Crippen MR) is 58.5 cm³/mol. The monoisotopic (exact) mass is 211 g/mol. The van der Waals surface area contributed by atoms with Crippen LogP contribution in [0.3, 0.4) is 0 Å². The summed E-state index contributed by atoms with van der Waals surface area (Å²) in [6.45, 7) is 3.48. The second kappa shape index (κ2) is 4.58. The molecule has 0 fully saturated rings. The van der Waals surface area contributed by atoms with E-state index in [2.05, 4.69) is 0 Å². The number of Topliss-reactive ketones (excluding diaryl/α,β-unsaturated/α-hetero) is 1. The standard InChI is InChI=1S/C11H14ClNO/c1-7-5-10(12)4-3-9(7)6-11(13)8(2)14/h3-5,11H,6,13H2,1-2H3. The van der Waals surface area contributed by atoms with Crippen LogP contribution in [0.4, 0.5) is 0 Å². The van der Waals surface area contributed by atoms with Crippen molar-refractivity contribution in [1.82, 2.24) is 0 Å². The number of rotatable bonds is 3. The Kier molecular flexibility index (Phi) is 3.67. The normalized spacial score (nSPS) is 12.6. The molecule has 0 spiro atoms. The van der Waals surface area contributed by atoms with Gasteiger partial charge in [0.2, 0.25) is 0 Å². The Morgan fingerprint density at radius 1 is 1.57 bits per heavy atom. The van der Waals surface area contributed by atoms with Crippen LogP contribution in [0.25, 0.3) is 0 Å². The maximum atomic E-state index is 11.0. The summed E-state index contributed by atoms with van der Waals surface area (Å²) in [6.07, 6.45) is 0.582. The molecule has 1 atom stereocenters. The Morgan fingerprint density at radius 2 is 2.21 bits per heavy atom. The van der Waals surface area contributed by atoms with Gasteiger partial charge in [0, 0.05) is 5.02 Å². The fourth-order valence-electron chi connectivity index (χ4n) is 1.27. The molecule has 0 aliphatic carbocycles. The van der Waals surface area contributed by atoms with Gasteiger partial charge in [-0.3, -0.25) is 4.79 Å². The number of hydrogen-bond acceptors (Lipinski definition) is 2. The molecule has 1 rings (SSSR count). The van der Waals surface area contributed by atoms with Crippen LogP contribution in [0.1, 0.15) is 18.1 Å². The molecule has 2 N–H and O–H groups in total. The van der Waals surface area contributed by atoms with E-state index in [4.69, 9.17) is 17.3 Å². The van der Waals surface area contributed by atoms with Crippen LogP contribution in [0, 0.1) is 6.92 Å². The minimum atomic E-state index is -0.408. The third-order valence-corrected chi connectivity index (χ3v) is 2.50. The summed E-state index contributed by atoms with van der Waals surface area (Å²) in [5, 5.41) is 0.711. The van der Waals surface area contributed by atoms with Crippen LogP contribution in [0.5, 0.6) is 0 Å². The van der Waals surface area contributed by atoms with E-state index < -0.39 is 6.04 Å². The van der Waals surface area contributed by atoms with Crippen LogP contribution in [0.15, 0.2) is 18.2 Å². The van der Waals surface area contributed by atoms with Crippen LogP contribution in [0.2, 0.25) is 5.02 Å². The van der Waals surface area contributed by atoms with E-state index in [1.165, 1.54) is 6.92 Å². The fraction of sp³-hybridized carbons (Fsp3) is 0.364. The maximum Gasteiger partial charge on any atom is 0.146 e. The van der Waals surface area contributed by atoms with E-state index in [1.807, 2.05) is 25.1 Å². The Balaban J connectivity index is 2.82. The summed E-state index contributed by atoms with van der Waals surface area (Å²) in [7, 11) is 0. The van der Waals surface area contributed by atoms with Gasteiger partial charge < -0.3 is 5.73 Å². The third kappa shape index (κ3) is 2.82. The highest BCUT2D eigenvalue weighted by molar-refractivity contribution is 6.30. The number of halogens is 1. The number of ketones is 1. The zero-order valence-electron chi connectivity index (χ0n) is 8.38. The first-order chi connectivity index (χ1) is 6.50. The Hall–Kier alpha value is -0.860. The number of carbonyl (C=O) groups is 1. The van der Waals surface area contributed by atoms with Gasteiger partial charge in [0.1, 0.15) is 5.78 Å². The first-order valence-corrected chi connectivity index (χ1v) is 4.89. The average molecular weight is 212 g/mol. The third-order valence-electron chi connectivity index (χ3n) is 2.27. The summed E-state index contributed by atoms with van der Waals surface area (Å²) in [6, 6.07) is 5.20. The second-order valence-electron chi connectivity index (χ2n) is 3.49. The molecule has 76 valence electrons. The first-order valence-electron chi connectivity index (χ1n) is 4.51. The quantitative estimate of drug-likeness (QED) is 0.832. The van der Waals surface area contributed by atoms with Crippen molar-refractivity contribution in [3.63, 3.8) is 0 Å². The van der Waals surface area contributed by atoms with Crippen molar-refractivity contribution in [2.75, 3.05) is 0 Å². The van der Waals surface area contributed by atoms with Crippen molar-refractivity contribution in [1.29, 1.82) is 0 Å². The minimum Gasteiger partial charge on any atom is -0.321 e. The van der Waals surface area contributed by atoms with Crippen LogP contribution >= 0.6 is 11.6 Å². The van der Waals surface area contributed by atoms with Gasteiger partial charge in [-0.1, -0.05) is 17.7 Å². The molecule has 3 heteroatoms. The Bertz CT molecular complexity index is 349. The fourth-order valence-corrected chi connectivity index (χ4v) is 1.50. The van der Waals surface area contributed by atoms with Gasteiger partial charge in [-0.2, -0.15) is 0 Å². The van der Waals surface area contributed by atoms with Gasteiger partial charge in [-0.25, -0.2) is 0 Å². The molecule has 1 aromatic rings. The van der Waals surface area contributed by atoms with Gasteiger partial charge >= 0.3 is 0 Å². The van der Waals surface area contributed by atoms with Crippen LogP contribution in [-0.2, 0) is 11.2 Å². The summed E-state index contributed by atoms with van der Waals surface area (Å²) in [5.41, 5.74) is 7.83. The maximum absolute atomic E-state index is 11.0. The van der Waals surface area contributed by atoms with E-state index in [0.29, 0.717) is 11.4 Å². The van der Waals surface area contributed by atoms with Crippen molar-refractivity contribution in [2.24, 2.45) is 5.73 Å². The molecule has 0 amide bonds. The lowest BCUT2D eigenvalue weighted by atomic mass is 10.00. The van der Waals surface area contributed by atoms with E-state index in [0.717, 1.165) is 11.1 Å². The van der Waals surface area contributed by atoms with Crippen LogP contribution < -0.4 is 5.73 Å². The Morgan fingerprint density at radius 3 is 2.71 bits per heavy atom. The van der Waals surface area contributed by atoms with E-state index >= 15 is 0 Å². The van der Waals surface area contributed by atoms with Gasteiger partial charge in [0.15, 0.2) is 0 Å². The number of benzene rings is 1. The molecule has 2 nitrogen and oxygen atoms in total. The molecule has 0 aliphatic rings. The van der Waals surface area contributed by atoms with Crippen molar-refractivity contribution in [3.8, 4) is 0 Å². The van der Waals surface area contributed by atoms with Crippen LogP contribution in [-0.4, -0.2) is 11.8 Å². The van der Waals surface area contributed by atoms with Gasteiger partial charge in [0.05, 0.1) is 6.04 Å². The summed E-state index contributed by atoms with van der Waals surface area (Å²) in [4.78, 5) is 11.0. The highest BCUT2D eigenvalue weighted by atomic mass is 35.5. The molecular weight excluding hydrogens is 198 g/mol. The second-order valence-corrected chi connectivity index (χ2v) is 3.93. The average Bonchev–Trinajstić information content (AvgIpc) is 2.09. The molecule has 0 bridgehead atoms. The van der Waals surface area contributed by atoms with Crippen molar-refractivity contribution in [3.05, 3.63) is 34.3 Å². The highest BCUT2D eigenvalue weighted by Crippen LogP contribution is 2.16. The summed E-state index contributed by atoms with van der Waals surface area (Å²) >= 11 is 5.82. The lowest BCUT2D eigenvalue weighted by Gasteiger charge is -2.10. The molecular formula is C11H14ClNO. The number of carbonyl (C=O) groups excluding carboxylic acids is 1. The molecule has 14 heavy (non-hydrogen) atoms.